The Hall–Kier alpha value is -1.40. The van der Waals surface area contributed by atoms with Gasteiger partial charge in [-0.15, -0.1) is 0 Å². The Bertz CT molecular complexity index is 375. The molecule has 100 valence electrons. The molecule has 2 atom stereocenters. The van der Waals surface area contributed by atoms with Gasteiger partial charge in [0.1, 0.15) is 12.7 Å². The molecule has 0 aliphatic carbocycles. The smallest absolute Gasteiger partial charge is 0.319 e. The van der Waals surface area contributed by atoms with Crippen molar-refractivity contribution in [3.8, 4) is 11.9 Å². The highest BCUT2D eigenvalue weighted by atomic mass is 16.5. The lowest BCUT2D eigenvalue weighted by Crippen LogP contribution is -2.45. The molecule has 2 unspecified atom stereocenters. The maximum Gasteiger partial charge on any atom is 0.319 e. The summed E-state index contributed by atoms with van der Waals surface area (Å²) in [7, 11) is 0. The number of nitrogens with zero attached hydrogens (tertiary/aromatic N) is 2. The number of rotatable bonds is 5. The molecule has 1 aromatic rings. The zero-order chi connectivity index (χ0) is 12.8. The van der Waals surface area contributed by atoms with Gasteiger partial charge in [0.2, 0.25) is 5.88 Å². The van der Waals surface area contributed by atoms with E-state index in [9.17, 15) is 0 Å². The Morgan fingerprint density at radius 2 is 2.33 bits per heavy atom. The molecule has 0 amide bonds. The van der Waals surface area contributed by atoms with Gasteiger partial charge in [-0.1, -0.05) is 0 Å². The minimum Gasteiger partial charge on any atom is -0.478 e. The van der Waals surface area contributed by atoms with E-state index in [2.05, 4.69) is 15.3 Å². The van der Waals surface area contributed by atoms with Crippen LogP contribution in [0.4, 0.5) is 0 Å². The largest absolute Gasteiger partial charge is 0.478 e. The van der Waals surface area contributed by atoms with Gasteiger partial charge in [0, 0.05) is 25.4 Å². The highest BCUT2D eigenvalue weighted by Crippen LogP contribution is 2.11. The van der Waals surface area contributed by atoms with Gasteiger partial charge in [-0.2, -0.15) is 4.98 Å². The first-order valence-corrected chi connectivity index (χ1v) is 6.22. The topological polar surface area (TPSA) is 65.5 Å². The second-order valence-corrected chi connectivity index (χ2v) is 4.15. The summed E-state index contributed by atoms with van der Waals surface area (Å²) in [6, 6.07) is 2.03. The molecule has 0 bridgehead atoms. The lowest BCUT2D eigenvalue weighted by atomic mass is 10.2. The maximum atomic E-state index is 5.71. The quantitative estimate of drug-likeness (QED) is 0.830. The molecule has 0 aromatic carbocycles. The number of ether oxygens (including phenoxy) is 3. The van der Waals surface area contributed by atoms with Crippen molar-refractivity contribution in [2.45, 2.75) is 26.1 Å². The van der Waals surface area contributed by atoms with E-state index < -0.39 is 0 Å². The predicted octanol–water partition coefficient (Wildman–Crippen LogP) is 0.631. The summed E-state index contributed by atoms with van der Waals surface area (Å²) in [5, 5.41) is 3.28. The van der Waals surface area contributed by atoms with Crippen molar-refractivity contribution in [1.29, 1.82) is 0 Å². The van der Waals surface area contributed by atoms with E-state index in [-0.39, 0.29) is 12.2 Å². The Balaban J connectivity index is 1.83. The minimum absolute atomic E-state index is 0.0353. The van der Waals surface area contributed by atoms with Crippen LogP contribution in [0.3, 0.4) is 0 Å². The van der Waals surface area contributed by atoms with Crippen molar-refractivity contribution >= 4 is 0 Å². The van der Waals surface area contributed by atoms with E-state index in [0.717, 1.165) is 13.1 Å². The fourth-order valence-corrected chi connectivity index (χ4v) is 1.76. The number of nitrogens with one attached hydrogen (secondary N) is 1. The lowest BCUT2D eigenvalue weighted by Gasteiger charge is -2.28. The minimum atomic E-state index is 0.0353. The van der Waals surface area contributed by atoms with Crippen LogP contribution in [0, 0.1) is 0 Å². The Labute approximate surface area is 107 Å². The van der Waals surface area contributed by atoms with Gasteiger partial charge in [0.25, 0.3) is 0 Å². The average molecular weight is 253 g/mol. The van der Waals surface area contributed by atoms with E-state index in [0.29, 0.717) is 25.1 Å². The predicted molar refractivity (Wildman–Crippen MR) is 65.9 cm³/mol. The molecule has 0 saturated carbocycles. The zero-order valence-corrected chi connectivity index (χ0v) is 10.8. The summed E-state index contributed by atoms with van der Waals surface area (Å²) in [4.78, 5) is 8.17. The Morgan fingerprint density at radius 1 is 1.44 bits per heavy atom. The normalized spacial score (nSPS) is 23.7. The molecule has 1 fully saturated rings. The summed E-state index contributed by atoms with van der Waals surface area (Å²) in [6.07, 6.45) is 1.87. The third kappa shape index (κ3) is 3.82. The summed E-state index contributed by atoms with van der Waals surface area (Å²) in [5.41, 5.74) is 0. The monoisotopic (exact) mass is 253 g/mol. The first-order valence-electron chi connectivity index (χ1n) is 6.22. The molecular weight excluding hydrogens is 234 g/mol. The maximum absolute atomic E-state index is 5.71. The fourth-order valence-electron chi connectivity index (χ4n) is 1.76. The van der Waals surface area contributed by atoms with Crippen molar-refractivity contribution in [1.82, 2.24) is 15.3 Å². The Morgan fingerprint density at radius 3 is 3.11 bits per heavy atom. The van der Waals surface area contributed by atoms with Crippen LogP contribution in [-0.2, 0) is 4.74 Å². The van der Waals surface area contributed by atoms with Gasteiger partial charge in [-0.3, -0.25) is 0 Å². The lowest BCUT2D eigenvalue weighted by molar-refractivity contribution is -0.0484. The van der Waals surface area contributed by atoms with E-state index in [1.165, 1.54) is 0 Å². The van der Waals surface area contributed by atoms with E-state index in [1.54, 1.807) is 12.3 Å². The first kappa shape index (κ1) is 13.0. The van der Waals surface area contributed by atoms with E-state index >= 15 is 0 Å². The van der Waals surface area contributed by atoms with Gasteiger partial charge in [-0.05, 0) is 13.8 Å². The van der Waals surface area contributed by atoms with Crippen LogP contribution in [0.2, 0.25) is 0 Å². The van der Waals surface area contributed by atoms with Crippen LogP contribution in [0.25, 0.3) is 0 Å². The van der Waals surface area contributed by atoms with Crippen LogP contribution in [0.1, 0.15) is 13.8 Å². The van der Waals surface area contributed by atoms with E-state index in [4.69, 9.17) is 14.2 Å². The van der Waals surface area contributed by atoms with Crippen LogP contribution >= 0.6 is 0 Å². The van der Waals surface area contributed by atoms with Gasteiger partial charge < -0.3 is 19.5 Å². The molecule has 6 heteroatoms. The molecule has 1 aromatic heterocycles. The van der Waals surface area contributed by atoms with E-state index in [1.807, 2.05) is 13.8 Å². The number of hydrogen-bond acceptors (Lipinski definition) is 6. The average Bonchev–Trinajstić information content (AvgIpc) is 2.37. The number of hydrogen-bond donors (Lipinski definition) is 1. The molecule has 0 spiro atoms. The van der Waals surface area contributed by atoms with Crippen molar-refractivity contribution in [3.05, 3.63) is 12.3 Å². The van der Waals surface area contributed by atoms with Crippen LogP contribution in [0.15, 0.2) is 12.3 Å². The van der Waals surface area contributed by atoms with Crippen LogP contribution in [0.5, 0.6) is 11.9 Å². The molecule has 18 heavy (non-hydrogen) atoms. The SMILES string of the molecule is CCOc1ccnc(OCC2CNCC(C)O2)n1. The first-order chi connectivity index (χ1) is 8.78. The summed E-state index contributed by atoms with van der Waals surface area (Å²) in [6.45, 7) is 6.62. The molecule has 1 saturated heterocycles. The summed E-state index contributed by atoms with van der Waals surface area (Å²) in [5.74, 6) is 0.526. The molecule has 6 nitrogen and oxygen atoms in total. The van der Waals surface area contributed by atoms with Gasteiger partial charge >= 0.3 is 6.01 Å². The van der Waals surface area contributed by atoms with Crippen molar-refractivity contribution in [2.24, 2.45) is 0 Å². The number of aromatic nitrogens is 2. The molecular formula is C12H19N3O3. The molecule has 0 radical (unpaired) electrons. The zero-order valence-electron chi connectivity index (χ0n) is 10.8. The standard InChI is InChI=1S/C12H19N3O3/c1-3-16-11-4-5-14-12(15-11)17-8-10-7-13-6-9(2)18-10/h4-5,9-10,13H,3,6-8H2,1-2H3. The van der Waals surface area contributed by atoms with Crippen LogP contribution < -0.4 is 14.8 Å². The van der Waals surface area contributed by atoms with Crippen molar-refractivity contribution in [3.63, 3.8) is 0 Å². The third-order valence-electron chi connectivity index (χ3n) is 2.53. The van der Waals surface area contributed by atoms with Gasteiger partial charge in [0.15, 0.2) is 0 Å². The summed E-state index contributed by atoms with van der Waals surface area (Å²) < 4.78 is 16.5. The van der Waals surface area contributed by atoms with Crippen molar-refractivity contribution in [2.75, 3.05) is 26.3 Å². The fraction of sp³-hybridized carbons (Fsp3) is 0.667. The van der Waals surface area contributed by atoms with Crippen LogP contribution in [-0.4, -0.2) is 48.5 Å². The van der Waals surface area contributed by atoms with Crippen molar-refractivity contribution < 1.29 is 14.2 Å². The van der Waals surface area contributed by atoms with Gasteiger partial charge in [0.05, 0.1) is 12.7 Å². The summed E-state index contributed by atoms with van der Waals surface area (Å²) >= 11 is 0. The highest BCUT2D eigenvalue weighted by molar-refractivity contribution is 5.11. The number of morpholine rings is 1. The third-order valence-corrected chi connectivity index (χ3v) is 2.53. The molecule has 1 N–H and O–H groups in total. The Kier molecular flexibility index (Phi) is 4.72. The second kappa shape index (κ2) is 6.51. The molecule has 2 rings (SSSR count). The van der Waals surface area contributed by atoms with Gasteiger partial charge in [-0.25, -0.2) is 4.98 Å². The molecule has 1 aliphatic heterocycles. The second-order valence-electron chi connectivity index (χ2n) is 4.15. The molecule has 2 heterocycles. The highest BCUT2D eigenvalue weighted by Gasteiger charge is 2.19. The molecule has 1 aliphatic rings.